The molecule has 0 unspecified atom stereocenters. The first kappa shape index (κ1) is 11.0. The number of nitrogens with zero attached hydrogens (tertiary/aromatic N) is 1. The van der Waals surface area contributed by atoms with Crippen LogP contribution in [0.2, 0.25) is 0 Å². The van der Waals surface area contributed by atoms with Gasteiger partial charge in [-0.3, -0.25) is 0 Å². The Morgan fingerprint density at radius 3 is 3.12 bits per heavy atom. The average molecular weight is 246 g/mol. The quantitative estimate of drug-likeness (QED) is 0.799. The highest BCUT2D eigenvalue weighted by Gasteiger charge is 2.19. The third kappa shape index (κ3) is 2.78. The van der Waals surface area contributed by atoms with Crippen LogP contribution in [0.25, 0.3) is 10.2 Å². The summed E-state index contributed by atoms with van der Waals surface area (Å²) in [4.78, 5) is 4.59. The zero-order valence-corrected chi connectivity index (χ0v) is 11.0. The molecule has 1 aliphatic carbocycles. The first-order valence-corrected chi connectivity index (χ1v) is 7.24. The van der Waals surface area contributed by atoms with Crippen molar-refractivity contribution in [1.82, 2.24) is 4.98 Å². The van der Waals surface area contributed by atoms with Crippen molar-refractivity contribution in [1.29, 1.82) is 0 Å². The molecule has 1 saturated carbocycles. The number of anilines is 1. The second-order valence-corrected chi connectivity index (χ2v) is 6.03. The third-order valence-corrected chi connectivity index (χ3v) is 4.28. The predicted octanol–water partition coefficient (Wildman–Crippen LogP) is 4.21. The topological polar surface area (TPSA) is 24.9 Å². The van der Waals surface area contributed by atoms with E-state index in [0.717, 1.165) is 23.1 Å². The second kappa shape index (κ2) is 4.65. The molecule has 0 atom stereocenters. The summed E-state index contributed by atoms with van der Waals surface area (Å²) in [5.41, 5.74) is 2.42. The number of rotatable bonds is 5. The minimum atomic E-state index is 1.04. The van der Waals surface area contributed by atoms with Crippen molar-refractivity contribution < 1.29 is 0 Å². The highest BCUT2D eigenvalue weighted by Crippen LogP contribution is 2.33. The van der Waals surface area contributed by atoms with E-state index >= 15 is 0 Å². The van der Waals surface area contributed by atoms with E-state index in [4.69, 9.17) is 0 Å². The fourth-order valence-electron chi connectivity index (χ4n) is 2.10. The van der Waals surface area contributed by atoms with Gasteiger partial charge >= 0.3 is 0 Å². The van der Waals surface area contributed by atoms with Gasteiger partial charge in [0.25, 0.3) is 0 Å². The maximum atomic E-state index is 4.59. The van der Waals surface area contributed by atoms with Crippen molar-refractivity contribution in [3.05, 3.63) is 23.8 Å². The largest absolute Gasteiger partial charge is 0.361 e. The molecule has 2 nitrogen and oxygen atoms in total. The van der Waals surface area contributed by atoms with E-state index < -0.39 is 0 Å². The van der Waals surface area contributed by atoms with Crippen molar-refractivity contribution in [2.75, 3.05) is 11.9 Å². The van der Waals surface area contributed by atoms with E-state index in [2.05, 4.69) is 35.4 Å². The fraction of sp³-hybridized carbons (Fsp3) is 0.500. The van der Waals surface area contributed by atoms with Gasteiger partial charge in [0.2, 0.25) is 0 Å². The zero-order valence-electron chi connectivity index (χ0n) is 10.2. The van der Waals surface area contributed by atoms with Gasteiger partial charge in [0.15, 0.2) is 5.13 Å². The maximum Gasteiger partial charge on any atom is 0.183 e. The van der Waals surface area contributed by atoms with Gasteiger partial charge in [-0.15, -0.1) is 0 Å². The number of aromatic nitrogens is 1. The molecule has 0 saturated heterocycles. The monoisotopic (exact) mass is 246 g/mol. The molecule has 1 aromatic heterocycles. The van der Waals surface area contributed by atoms with Crippen LogP contribution in [0.1, 0.15) is 31.2 Å². The zero-order chi connectivity index (χ0) is 11.7. The summed E-state index contributed by atoms with van der Waals surface area (Å²) >= 11 is 1.76. The molecule has 0 radical (unpaired) electrons. The number of thiazole rings is 1. The fourth-order valence-corrected chi connectivity index (χ4v) is 3.09. The van der Waals surface area contributed by atoms with Crippen molar-refractivity contribution in [3.8, 4) is 0 Å². The molecule has 1 heterocycles. The van der Waals surface area contributed by atoms with E-state index in [0.29, 0.717) is 0 Å². The van der Waals surface area contributed by atoms with E-state index in [1.807, 2.05) is 0 Å². The van der Waals surface area contributed by atoms with Crippen LogP contribution in [-0.4, -0.2) is 11.5 Å². The molecule has 1 N–H and O–H groups in total. The van der Waals surface area contributed by atoms with E-state index in [1.54, 1.807) is 11.3 Å². The van der Waals surface area contributed by atoms with Crippen LogP contribution in [0.4, 0.5) is 5.13 Å². The Hall–Kier alpha value is -1.09. The van der Waals surface area contributed by atoms with Crippen molar-refractivity contribution in [2.24, 2.45) is 5.92 Å². The molecule has 0 bridgehead atoms. The Kier molecular flexibility index (Phi) is 3.02. The summed E-state index contributed by atoms with van der Waals surface area (Å²) in [6.45, 7) is 3.19. The minimum absolute atomic E-state index is 1.04. The molecule has 0 amide bonds. The molecule has 90 valence electrons. The molecule has 1 aliphatic rings. The van der Waals surface area contributed by atoms with Crippen LogP contribution >= 0.6 is 11.3 Å². The Labute approximate surface area is 106 Å². The molecule has 0 spiro atoms. The number of fused-ring (bicyclic) bond motifs is 1. The van der Waals surface area contributed by atoms with E-state index in [-0.39, 0.29) is 0 Å². The van der Waals surface area contributed by atoms with Crippen LogP contribution in [0, 0.1) is 12.8 Å². The van der Waals surface area contributed by atoms with Crippen LogP contribution in [0.5, 0.6) is 0 Å². The van der Waals surface area contributed by atoms with Gasteiger partial charge in [-0.05, 0) is 43.4 Å². The standard InChI is InChI=1S/C14H18N2S/c1-10-4-7-12-13(9-10)17-14(16-12)15-8-2-3-11-5-6-11/h4,7,9,11H,2-3,5-6,8H2,1H3,(H,15,16). The third-order valence-electron chi connectivity index (χ3n) is 3.31. The number of hydrogen-bond donors (Lipinski definition) is 1. The van der Waals surface area contributed by atoms with Gasteiger partial charge < -0.3 is 5.32 Å². The summed E-state index contributed by atoms with van der Waals surface area (Å²) in [5.74, 6) is 1.04. The van der Waals surface area contributed by atoms with Gasteiger partial charge in [0, 0.05) is 6.54 Å². The Morgan fingerprint density at radius 1 is 1.41 bits per heavy atom. The van der Waals surface area contributed by atoms with Crippen LogP contribution < -0.4 is 5.32 Å². The Balaban J connectivity index is 1.60. The summed E-state index contributed by atoms with van der Waals surface area (Å²) in [6.07, 6.45) is 5.58. The van der Waals surface area contributed by atoms with Gasteiger partial charge in [-0.1, -0.05) is 30.2 Å². The first-order chi connectivity index (χ1) is 8.31. The lowest BCUT2D eigenvalue weighted by Gasteiger charge is -2.00. The summed E-state index contributed by atoms with van der Waals surface area (Å²) in [7, 11) is 0. The smallest absolute Gasteiger partial charge is 0.183 e. The molecule has 17 heavy (non-hydrogen) atoms. The summed E-state index contributed by atoms with van der Waals surface area (Å²) < 4.78 is 1.29. The molecule has 1 aromatic carbocycles. The lowest BCUT2D eigenvalue weighted by Crippen LogP contribution is -2.00. The van der Waals surface area contributed by atoms with Crippen LogP contribution in [-0.2, 0) is 0 Å². The molecular formula is C14H18N2S. The predicted molar refractivity (Wildman–Crippen MR) is 74.8 cm³/mol. The van der Waals surface area contributed by atoms with Gasteiger partial charge in [-0.25, -0.2) is 4.98 Å². The number of aryl methyl sites for hydroxylation is 1. The molecule has 1 fully saturated rings. The van der Waals surface area contributed by atoms with Crippen molar-refractivity contribution in [3.63, 3.8) is 0 Å². The number of nitrogens with one attached hydrogen (secondary N) is 1. The molecule has 3 rings (SSSR count). The highest BCUT2D eigenvalue weighted by molar-refractivity contribution is 7.22. The number of benzene rings is 1. The second-order valence-electron chi connectivity index (χ2n) is 5.00. The highest BCUT2D eigenvalue weighted by atomic mass is 32.1. The Morgan fingerprint density at radius 2 is 2.29 bits per heavy atom. The summed E-state index contributed by atoms with van der Waals surface area (Å²) in [5, 5.41) is 4.51. The maximum absolute atomic E-state index is 4.59. The van der Waals surface area contributed by atoms with Gasteiger partial charge in [0.1, 0.15) is 0 Å². The van der Waals surface area contributed by atoms with Gasteiger partial charge in [0.05, 0.1) is 10.2 Å². The molecule has 3 heteroatoms. The average Bonchev–Trinajstić information content (AvgIpc) is 3.04. The molecule has 0 aliphatic heterocycles. The number of hydrogen-bond acceptors (Lipinski definition) is 3. The Bertz CT molecular complexity index is 514. The van der Waals surface area contributed by atoms with Crippen LogP contribution in [0.3, 0.4) is 0 Å². The minimum Gasteiger partial charge on any atom is -0.361 e. The van der Waals surface area contributed by atoms with E-state index in [9.17, 15) is 0 Å². The SMILES string of the molecule is Cc1ccc2nc(NCCCC3CC3)sc2c1. The molecule has 2 aromatic rings. The van der Waals surface area contributed by atoms with E-state index in [1.165, 1.54) is 35.9 Å². The summed E-state index contributed by atoms with van der Waals surface area (Å²) in [6, 6.07) is 6.44. The lowest BCUT2D eigenvalue weighted by molar-refractivity contribution is 0.687. The van der Waals surface area contributed by atoms with Crippen LogP contribution in [0.15, 0.2) is 18.2 Å². The first-order valence-electron chi connectivity index (χ1n) is 6.42. The van der Waals surface area contributed by atoms with Crippen molar-refractivity contribution >= 4 is 26.7 Å². The molecular weight excluding hydrogens is 228 g/mol. The van der Waals surface area contributed by atoms with Crippen molar-refractivity contribution in [2.45, 2.75) is 32.6 Å². The lowest BCUT2D eigenvalue weighted by atomic mass is 10.2. The van der Waals surface area contributed by atoms with Gasteiger partial charge in [-0.2, -0.15) is 0 Å². The normalized spacial score (nSPS) is 15.4.